The van der Waals surface area contributed by atoms with Gasteiger partial charge in [-0.05, 0) is 59.4 Å². The molecule has 3 aliphatic heterocycles. The van der Waals surface area contributed by atoms with Gasteiger partial charge in [-0.15, -0.1) is 24.0 Å². The Hall–Kier alpha value is 0.690. The molecule has 0 saturated carbocycles. The van der Waals surface area contributed by atoms with Crippen LogP contribution in [0.5, 0.6) is 0 Å². The number of hydrogen-bond acceptors (Lipinski definition) is 1. The first-order valence-electron chi connectivity index (χ1n) is 5.20. The average Bonchev–Trinajstić information content (AvgIpc) is 1.80. The highest BCUT2D eigenvalue weighted by Crippen LogP contribution is 2.46. The van der Waals surface area contributed by atoms with Crippen molar-refractivity contribution in [2.24, 2.45) is 5.92 Å². The van der Waals surface area contributed by atoms with Crippen LogP contribution in [-0.2, 0) is 0 Å². The number of hydrogen-bond donors (Lipinski definition) is 0. The van der Waals surface area contributed by atoms with E-state index in [1.165, 1.54) is 25.8 Å². The summed E-state index contributed by atoms with van der Waals surface area (Å²) < 4.78 is 0. The van der Waals surface area contributed by atoms with Crippen LogP contribution in [0.3, 0.4) is 0 Å². The zero-order valence-electron chi connectivity index (χ0n) is 9.26. The molecule has 0 aromatic carbocycles. The van der Waals surface area contributed by atoms with Crippen LogP contribution in [0.25, 0.3) is 0 Å². The van der Waals surface area contributed by atoms with E-state index in [0.29, 0.717) is 11.1 Å². The molecular formula is C11H22IN. The number of nitrogens with zero attached hydrogens (tertiary/aromatic N) is 1. The predicted molar refractivity (Wildman–Crippen MR) is 67.6 cm³/mol. The molecular weight excluding hydrogens is 273 g/mol. The molecule has 78 valence electrons. The van der Waals surface area contributed by atoms with Crippen molar-refractivity contribution in [2.45, 2.75) is 58.0 Å². The SMILES string of the molecule is CC1(C)CC2CCN1C(C)(C)C2.I. The van der Waals surface area contributed by atoms with Crippen LogP contribution in [0.15, 0.2) is 0 Å². The lowest BCUT2D eigenvalue weighted by Gasteiger charge is -2.60. The highest BCUT2D eigenvalue weighted by atomic mass is 127. The zero-order valence-corrected chi connectivity index (χ0v) is 11.6. The fourth-order valence-corrected chi connectivity index (χ4v) is 3.65. The molecule has 3 heterocycles. The van der Waals surface area contributed by atoms with E-state index >= 15 is 0 Å². The summed E-state index contributed by atoms with van der Waals surface area (Å²) in [4.78, 5) is 2.71. The summed E-state index contributed by atoms with van der Waals surface area (Å²) in [6.45, 7) is 10.9. The van der Waals surface area contributed by atoms with Gasteiger partial charge in [0.15, 0.2) is 0 Å². The Kier molecular flexibility index (Phi) is 3.05. The summed E-state index contributed by atoms with van der Waals surface area (Å²) in [5, 5.41) is 0. The standard InChI is InChI=1S/C11H21N.HI/c1-10(2)7-9-5-6-12(10)11(3,4)8-9;/h9H,5-8H2,1-4H3;1H. The summed E-state index contributed by atoms with van der Waals surface area (Å²) in [6, 6.07) is 0. The molecule has 3 saturated heterocycles. The minimum Gasteiger partial charge on any atom is -0.293 e. The van der Waals surface area contributed by atoms with Crippen LogP contribution in [0.4, 0.5) is 0 Å². The minimum atomic E-state index is 0. The van der Waals surface area contributed by atoms with Crippen LogP contribution in [0, 0.1) is 5.92 Å². The van der Waals surface area contributed by atoms with Crippen LogP contribution in [0.2, 0.25) is 0 Å². The van der Waals surface area contributed by atoms with Crippen molar-refractivity contribution in [1.82, 2.24) is 4.90 Å². The second-order valence-electron chi connectivity index (χ2n) is 5.84. The van der Waals surface area contributed by atoms with Crippen LogP contribution in [-0.4, -0.2) is 22.5 Å². The second kappa shape index (κ2) is 3.37. The minimum absolute atomic E-state index is 0. The molecule has 0 aliphatic carbocycles. The van der Waals surface area contributed by atoms with Gasteiger partial charge in [0.2, 0.25) is 0 Å². The van der Waals surface area contributed by atoms with Gasteiger partial charge < -0.3 is 0 Å². The molecule has 3 rings (SSSR count). The third-order valence-corrected chi connectivity index (χ3v) is 3.80. The summed E-state index contributed by atoms with van der Waals surface area (Å²) >= 11 is 0. The smallest absolute Gasteiger partial charge is 0.0161 e. The van der Waals surface area contributed by atoms with Crippen molar-refractivity contribution >= 4 is 24.0 Å². The number of rotatable bonds is 0. The van der Waals surface area contributed by atoms with Crippen molar-refractivity contribution in [2.75, 3.05) is 6.54 Å². The molecule has 0 aromatic heterocycles. The summed E-state index contributed by atoms with van der Waals surface area (Å²) in [6.07, 6.45) is 4.26. The Morgan fingerprint density at radius 2 is 1.46 bits per heavy atom. The van der Waals surface area contributed by atoms with Gasteiger partial charge in [0.05, 0.1) is 0 Å². The van der Waals surface area contributed by atoms with Gasteiger partial charge in [-0.2, -0.15) is 0 Å². The molecule has 13 heavy (non-hydrogen) atoms. The van der Waals surface area contributed by atoms with Gasteiger partial charge in [-0.1, -0.05) is 0 Å². The van der Waals surface area contributed by atoms with Crippen LogP contribution >= 0.6 is 24.0 Å². The molecule has 0 unspecified atom stereocenters. The maximum atomic E-state index is 2.71. The highest BCUT2D eigenvalue weighted by Gasteiger charge is 2.48. The number of piperidine rings is 3. The molecule has 0 amide bonds. The fraction of sp³-hybridized carbons (Fsp3) is 1.00. The van der Waals surface area contributed by atoms with Crippen molar-refractivity contribution in [1.29, 1.82) is 0 Å². The van der Waals surface area contributed by atoms with Crippen molar-refractivity contribution < 1.29 is 0 Å². The van der Waals surface area contributed by atoms with Crippen LogP contribution in [0.1, 0.15) is 47.0 Å². The maximum absolute atomic E-state index is 2.71. The molecule has 2 heteroatoms. The van der Waals surface area contributed by atoms with E-state index < -0.39 is 0 Å². The van der Waals surface area contributed by atoms with Gasteiger partial charge in [-0.25, -0.2) is 0 Å². The normalized spacial score (nSPS) is 39.7. The lowest BCUT2D eigenvalue weighted by atomic mass is 9.68. The van der Waals surface area contributed by atoms with E-state index in [0.717, 1.165) is 5.92 Å². The van der Waals surface area contributed by atoms with E-state index in [1.807, 2.05) is 0 Å². The lowest BCUT2D eigenvalue weighted by molar-refractivity contribution is -0.0943. The third kappa shape index (κ3) is 1.89. The summed E-state index contributed by atoms with van der Waals surface area (Å²) in [5.74, 6) is 1.000. The Balaban J connectivity index is 0.000000845. The zero-order chi connectivity index (χ0) is 8.98. The summed E-state index contributed by atoms with van der Waals surface area (Å²) in [5.41, 5.74) is 0.926. The predicted octanol–water partition coefficient (Wildman–Crippen LogP) is 3.28. The van der Waals surface area contributed by atoms with Gasteiger partial charge in [0.25, 0.3) is 0 Å². The van der Waals surface area contributed by atoms with Crippen molar-refractivity contribution in [3.05, 3.63) is 0 Å². The third-order valence-electron chi connectivity index (χ3n) is 3.80. The van der Waals surface area contributed by atoms with Gasteiger partial charge >= 0.3 is 0 Å². The lowest BCUT2D eigenvalue weighted by Crippen LogP contribution is -2.64. The fourth-order valence-electron chi connectivity index (χ4n) is 3.65. The first kappa shape index (κ1) is 11.8. The van der Waals surface area contributed by atoms with E-state index in [4.69, 9.17) is 0 Å². The molecule has 2 bridgehead atoms. The Morgan fingerprint density at radius 1 is 1.00 bits per heavy atom. The van der Waals surface area contributed by atoms with E-state index in [2.05, 4.69) is 32.6 Å². The second-order valence-corrected chi connectivity index (χ2v) is 5.84. The topological polar surface area (TPSA) is 3.24 Å². The first-order chi connectivity index (χ1) is 5.42. The molecule has 0 N–H and O–H groups in total. The maximum Gasteiger partial charge on any atom is 0.0161 e. The molecule has 0 radical (unpaired) electrons. The van der Waals surface area contributed by atoms with Gasteiger partial charge in [0, 0.05) is 11.1 Å². The number of halogens is 1. The molecule has 0 atom stereocenters. The van der Waals surface area contributed by atoms with E-state index in [-0.39, 0.29) is 24.0 Å². The highest BCUT2D eigenvalue weighted by molar-refractivity contribution is 14.0. The Bertz CT molecular complexity index is 180. The first-order valence-corrected chi connectivity index (χ1v) is 5.20. The van der Waals surface area contributed by atoms with E-state index in [1.54, 1.807) is 0 Å². The summed E-state index contributed by atoms with van der Waals surface area (Å²) in [7, 11) is 0. The molecule has 0 spiro atoms. The average molecular weight is 295 g/mol. The van der Waals surface area contributed by atoms with E-state index in [9.17, 15) is 0 Å². The monoisotopic (exact) mass is 295 g/mol. The van der Waals surface area contributed by atoms with Crippen LogP contribution < -0.4 is 0 Å². The Labute approximate surface area is 99.3 Å². The largest absolute Gasteiger partial charge is 0.293 e. The molecule has 3 aliphatic rings. The number of fused-ring (bicyclic) bond motifs is 3. The van der Waals surface area contributed by atoms with Gasteiger partial charge in [-0.3, -0.25) is 4.90 Å². The Morgan fingerprint density at radius 3 is 1.69 bits per heavy atom. The molecule has 1 nitrogen and oxygen atoms in total. The molecule has 3 fully saturated rings. The van der Waals surface area contributed by atoms with Crippen molar-refractivity contribution in [3.8, 4) is 0 Å². The van der Waals surface area contributed by atoms with Crippen molar-refractivity contribution in [3.63, 3.8) is 0 Å². The van der Waals surface area contributed by atoms with Gasteiger partial charge in [0.1, 0.15) is 0 Å². The molecule has 0 aromatic rings. The quantitative estimate of drug-likeness (QED) is 0.620.